The lowest BCUT2D eigenvalue weighted by Crippen LogP contribution is -2.49. The second kappa shape index (κ2) is 11.7. The molecule has 0 heterocycles. The summed E-state index contributed by atoms with van der Waals surface area (Å²) >= 11 is 12.1. The first-order chi connectivity index (χ1) is 15.4. The van der Waals surface area contributed by atoms with E-state index in [0.717, 1.165) is 30.4 Å². The van der Waals surface area contributed by atoms with Crippen LogP contribution in [0.3, 0.4) is 0 Å². The molecule has 32 heavy (non-hydrogen) atoms. The van der Waals surface area contributed by atoms with Gasteiger partial charge in [-0.2, -0.15) is 0 Å². The van der Waals surface area contributed by atoms with Gasteiger partial charge in [0.1, 0.15) is 11.9 Å². The van der Waals surface area contributed by atoms with Gasteiger partial charge in [0, 0.05) is 17.6 Å². The van der Waals surface area contributed by atoms with Crippen molar-refractivity contribution in [3.8, 4) is 0 Å². The van der Waals surface area contributed by atoms with E-state index in [1.54, 1.807) is 17.0 Å². The molecule has 2 aromatic carbocycles. The lowest BCUT2D eigenvalue weighted by Gasteiger charge is -2.35. The number of hydrogen-bond donors (Lipinski definition) is 1. The van der Waals surface area contributed by atoms with Crippen molar-refractivity contribution in [3.05, 3.63) is 70.2 Å². The van der Waals surface area contributed by atoms with Gasteiger partial charge in [-0.3, -0.25) is 9.59 Å². The average molecular weight is 475 g/mol. The van der Waals surface area contributed by atoms with E-state index in [4.69, 9.17) is 23.2 Å². The molecule has 0 radical (unpaired) electrons. The molecule has 172 valence electrons. The second-order valence-corrected chi connectivity index (χ2v) is 9.49. The smallest absolute Gasteiger partial charge is 0.247 e. The summed E-state index contributed by atoms with van der Waals surface area (Å²) in [6.45, 7) is 4.62. The number of benzene rings is 2. The van der Waals surface area contributed by atoms with E-state index < -0.39 is 6.04 Å². The summed E-state index contributed by atoms with van der Waals surface area (Å²) in [6.07, 6.45) is 5.02. The van der Waals surface area contributed by atoms with Crippen molar-refractivity contribution in [1.82, 2.24) is 10.2 Å². The SMILES string of the molecule is Cc1ccc(CCN(C(=O)CCl)[C@H](C(=O)N[C@@H]2CCCC[C@@H]2C)c2ccc(Cl)cc2)cc1. The molecule has 0 spiro atoms. The highest BCUT2D eigenvalue weighted by Gasteiger charge is 2.33. The zero-order valence-electron chi connectivity index (χ0n) is 18.8. The van der Waals surface area contributed by atoms with Gasteiger partial charge in [0.25, 0.3) is 0 Å². The van der Waals surface area contributed by atoms with Crippen LogP contribution in [0.1, 0.15) is 55.3 Å². The lowest BCUT2D eigenvalue weighted by atomic mass is 9.85. The minimum absolute atomic E-state index is 0.121. The minimum Gasteiger partial charge on any atom is -0.351 e. The summed E-state index contributed by atoms with van der Waals surface area (Å²) in [5, 5.41) is 3.82. The van der Waals surface area contributed by atoms with Gasteiger partial charge in [0.05, 0.1) is 0 Å². The number of rotatable bonds is 8. The predicted octanol–water partition coefficient (Wildman–Crippen LogP) is 5.69. The zero-order chi connectivity index (χ0) is 23.1. The Hall–Kier alpha value is -2.04. The van der Waals surface area contributed by atoms with Gasteiger partial charge in [-0.05, 0) is 55.4 Å². The minimum atomic E-state index is -0.752. The monoisotopic (exact) mass is 474 g/mol. The number of carbonyl (C=O) groups excluding carboxylic acids is 2. The number of halogens is 2. The van der Waals surface area contributed by atoms with E-state index in [1.807, 2.05) is 19.1 Å². The summed E-state index contributed by atoms with van der Waals surface area (Å²) in [5.74, 6) is -0.173. The Morgan fingerprint density at radius 1 is 1.06 bits per heavy atom. The molecule has 0 aliphatic heterocycles. The Bertz CT molecular complexity index is 899. The first kappa shape index (κ1) is 24.6. The standard InChI is InChI=1S/C26H32Cl2N2O2/c1-18-7-9-20(10-8-18)15-16-30(24(31)17-27)25(21-11-13-22(28)14-12-21)26(32)29-23-6-4-3-5-19(23)2/h7-14,19,23,25H,3-6,15-17H2,1-2H3,(H,29,32)/t19-,23+,25-/m0/s1. The molecule has 0 bridgehead atoms. The van der Waals surface area contributed by atoms with Crippen LogP contribution in [-0.2, 0) is 16.0 Å². The Balaban J connectivity index is 1.87. The molecule has 3 rings (SSSR count). The Labute approximate surface area is 201 Å². The number of aryl methyl sites for hydroxylation is 1. The molecule has 0 aromatic heterocycles. The van der Waals surface area contributed by atoms with Crippen LogP contribution in [0.2, 0.25) is 5.02 Å². The maximum absolute atomic E-state index is 13.6. The summed E-state index contributed by atoms with van der Waals surface area (Å²) in [6, 6.07) is 14.7. The van der Waals surface area contributed by atoms with E-state index in [-0.39, 0.29) is 23.7 Å². The number of hydrogen-bond acceptors (Lipinski definition) is 2. The molecule has 0 saturated heterocycles. The molecule has 2 aromatic rings. The lowest BCUT2D eigenvalue weighted by molar-refractivity contribution is -0.139. The van der Waals surface area contributed by atoms with Crippen molar-refractivity contribution in [2.24, 2.45) is 5.92 Å². The van der Waals surface area contributed by atoms with Crippen LogP contribution in [0.25, 0.3) is 0 Å². The summed E-state index contributed by atoms with van der Waals surface area (Å²) in [4.78, 5) is 28.1. The van der Waals surface area contributed by atoms with Crippen LogP contribution in [0.4, 0.5) is 0 Å². The third-order valence-electron chi connectivity index (χ3n) is 6.38. The predicted molar refractivity (Wildman–Crippen MR) is 131 cm³/mol. The van der Waals surface area contributed by atoms with E-state index in [2.05, 4.69) is 36.5 Å². The molecule has 1 aliphatic rings. The highest BCUT2D eigenvalue weighted by Crippen LogP contribution is 2.28. The van der Waals surface area contributed by atoms with Gasteiger partial charge >= 0.3 is 0 Å². The van der Waals surface area contributed by atoms with Gasteiger partial charge in [0.15, 0.2) is 0 Å². The third kappa shape index (κ3) is 6.49. The molecule has 1 aliphatic carbocycles. The van der Waals surface area contributed by atoms with Crippen molar-refractivity contribution >= 4 is 35.0 Å². The molecule has 2 amide bonds. The number of nitrogens with zero attached hydrogens (tertiary/aromatic N) is 1. The van der Waals surface area contributed by atoms with Crippen LogP contribution in [0.5, 0.6) is 0 Å². The fraction of sp³-hybridized carbons (Fsp3) is 0.462. The molecular weight excluding hydrogens is 443 g/mol. The molecule has 1 N–H and O–H groups in total. The number of carbonyl (C=O) groups is 2. The third-order valence-corrected chi connectivity index (χ3v) is 6.86. The number of amides is 2. The quantitative estimate of drug-likeness (QED) is 0.499. The first-order valence-corrected chi connectivity index (χ1v) is 12.3. The molecule has 3 atom stereocenters. The van der Waals surface area contributed by atoms with Gasteiger partial charge in [-0.15, -0.1) is 11.6 Å². The fourth-order valence-electron chi connectivity index (χ4n) is 4.39. The molecule has 1 fully saturated rings. The van der Waals surface area contributed by atoms with Gasteiger partial charge < -0.3 is 10.2 Å². The topological polar surface area (TPSA) is 49.4 Å². The molecule has 1 saturated carbocycles. The van der Waals surface area contributed by atoms with Crippen LogP contribution >= 0.6 is 23.2 Å². The van der Waals surface area contributed by atoms with Crippen LogP contribution in [0, 0.1) is 12.8 Å². The Morgan fingerprint density at radius 2 is 1.72 bits per heavy atom. The van der Waals surface area contributed by atoms with Crippen molar-refractivity contribution in [1.29, 1.82) is 0 Å². The van der Waals surface area contributed by atoms with Gasteiger partial charge in [-0.1, -0.05) is 73.3 Å². The van der Waals surface area contributed by atoms with E-state index >= 15 is 0 Å². The van der Waals surface area contributed by atoms with Crippen LogP contribution in [-0.4, -0.2) is 35.2 Å². The van der Waals surface area contributed by atoms with Crippen molar-refractivity contribution in [3.63, 3.8) is 0 Å². The molecule has 6 heteroatoms. The van der Waals surface area contributed by atoms with Crippen LogP contribution < -0.4 is 5.32 Å². The van der Waals surface area contributed by atoms with Crippen molar-refractivity contribution in [2.75, 3.05) is 12.4 Å². The zero-order valence-corrected chi connectivity index (χ0v) is 20.3. The largest absolute Gasteiger partial charge is 0.351 e. The van der Waals surface area contributed by atoms with E-state index in [9.17, 15) is 9.59 Å². The fourth-order valence-corrected chi connectivity index (χ4v) is 4.67. The average Bonchev–Trinajstić information content (AvgIpc) is 2.79. The first-order valence-electron chi connectivity index (χ1n) is 11.4. The Morgan fingerprint density at radius 3 is 2.34 bits per heavy atom. The Kier molecular flexibility index (Phi) is 9.01. The van der Waals surface area contributed by atoms with E-state index in [1.165, 1.54) is 12.0 Å². The normalized spacial score (nSPS) is 19.2. The second-order valence-electron chi connectivity index (χ2n) is 8.79. The van der Waals surface area contributed by atoms with E-state index in [0.29, 0.717) is 23.9 Å². The molecule has 4 nitrogen and oxygen atoms in total. The highest BCUT2D eigenvalue weighted by atomic mass is 35.5. The van der Waals surface area contributed by atoms with Crippen molar-refractivity contribution < 1.29 is 9.59 Å². The summed E-state index contributed by atoms with van der Waals surface area (Å²) in [7, 11) is 0. The summed E-state index contributed by atoms with van der Waals surface area (Å²) < 4.78 is 0. The van der Waals surface area contributed by atoms with Crippen molar-refractivity contribution in [2.45, 2.75) is 58.0 Å². The summed E-state index contributed by atoms with van der Waals surface area (Å²) in [5.41, 5.74) is 3.03. The van der Waals surface area contributed by atoms with Gasteiger partial charge in [-0.25, -0.2) is 0 Å². The number of nitrogens with one attached hydrogen (secondary N) is 1. The molecule has 0 unspecified atom stereocenters. The maximum atomic E-state index is 13.6. The van der Waals surface area contributed by atoms with Gasteiger partial charge in [0.2, 0.25) is 11.8 Å². The highest BCUT2D eigenvalue weighted by molar-refractivity contribution is 6.30. The van der Waals surface area contributed by atoms with Crippen LogP contribution in [0.15, 0.2) is 48.5 Å². The maximum Gasteiger partial charge on any atom is 0.247 e. The number of alkyl halides is 1. The molecular formula is C26H32Cl2N2O2.